The van der Waals surface area contributed by atoms with Gasteiger partial charge in [0.1, 0.15) is 5.82 Å². The molecule has 0 spiro atoms. The van der Waals surface area contributed by atoms with Crippen LogP contribution in [0.15, 0.2) is 24.4 Å². The van der Waals surface area contributed by atoms with Crippen molar-refractivity contribution in [3.63, 3.8) is 0 Å². The number of pyridine rings is 1. The highest BCUT2D eigenvalue weighted by molar-refractivity contribution is 5.65. The van der Waals surface area contributed by atoms with Gasteiger partial charge in [0.15, 0.2) is 5.82 Å². The molecule has 19 heavy (non-hydrogen) atoms. The molecule has 9 nitrogen and oxygen atoms in total. The second-order valence-electron chi connectivity index (χ2n) is 3.65. The fourth-order valence-electron chi connectivity index (χ4n) is 1.50. The fraction of sp³-hybridized carbons (Fsp3) is 0.200. The van der Waals surface area contributed by atoms with Gasteiger partial charge in [-0.15, -0.1) is 0 Å². The summed E-state index contributed by atoms with van der Waals surface area (Å²) < 4.78 is 1.69. The highest BCUT2D eigenvalue weighted by Gasteiger charge is 2.16. The lowest BCUT2D eigenvalue weighted by molar-refractivity contribution is -0.384. The summed E-state index contributed by atoms with van der Waals surface area (Å²) in [5, 5.41) is 17.9. The van der Waals surface area contributed by atoms with Crippen LogP contribution in [0.1, 0.15) is 6.92 Å². The maximum absolute atomic E-state index is 10.9. The molecule has 0 aliphatic rings. The number of hydrogen-bond acceptors (Lipinski definition) is 7. The molecule has 2 aromatic heterocycles. The van der Waals surface area contributed by atoms with E-state index >= 15 is 0 Å². The number of nitro groups is 1. The average Bonchev–Trinajstić information content (AvgIpc) is 2.86. The summed E-state index contributed by atoms with van der Waals surface area (Å²) in [6.45, 7) is 2.65. The molecule has 0 saturated carbocycles. The first kappa shape index (κ1) is 12.8. The second kappa shape index (κ2) is 5.31. The van der Waals surface area contributed by atoms with Gasteiger partial charge in [-0.05, 0) is 13.0 Å². The standard InChI is InChI=1S/C10H13N7O2/c1-2-16-6-5-9(15-16)13-10-7(17(18)19)3-4-8(12-10)14-11/h3-6H,2,11H2,1H3,(H2,12,13,14,15). The molecule has 0 atom stereocenters. The Morgan fingerprint density at radius 1 is 1.42 bits per heavy atom. The lowest BCUT2D eigenvalue weighted by Gasteiger charge is -2.05. The highest BCUT2D eigenvalue weighted by Crippen LogP contribution is 2.26. The minimum absolute atomic E-state index is 0.0850. The lowest BCUT2D eigenvalue weighted by atomic mass is 10.3. The van der Waals surface area contributed by atoms with Crippen molar-refractivity contribution in [2.45, 2.75) is 13.5 Å². The first-order valence-corrected chi connectivity index (χ1v) is 5.56. The van der Waals surface area contributed by atoms with E-state index in [9.17, 15) is 10.1 Å². The topological polar surface area (TPSA) is 124 Å². The third-order valence-electron chi connectivity index (χ3n) is 2.43. The molecule has 2 aromatic rings. The molecule has 0 amide bonds. The van der Waals surface area contributed by atoms with Crippen LogP contribution in [0.5, 0.6) is 0 Å². The number of nitrogen functional groups attached to an aromatic ring is 1. The Balaban J connectivity index is 2.33. The van der Waals surface area contributed by atoms with E-state index in [-0.39, 0.29) is 11.5 Å². The Labute approximate surface area is 108 Å². The SMILES string of the molecule is CCn1ccc(Nc2nc(NN)ccc2[N+](=O)[O-])n1. The van der Waals surface area contributed by atoms with E-state index in [4.69, 9.17) is 5.84 Å². The van der Waals surface area contributed by atoms with E-state index in [0.29, 0.717) is 18.2 Å². The normalized spacial score (nSPS) is 10.2. The van der Waals surface area contributed by atoms with Crippen LogP contribution < -0.4 is 16.6 Å². The summed E-state index contributed by atoms with van der Waals surface area (Å²) in [6.07, 6.45) is 1.76. The Hall–Kier alpha value is -2.68. The van der Waals surface area contributed by atoms with Gasteiger partial charge < -0.3 is 10.7 Å². The molecular weight excluding hydrogens is 250 g/mol. The molecular formula is C10H13N7O2. The largest absolute Gasteiger partial charge is 0.318 e. The van der Waals surface area contributed by atoms with Crippen LogP contribution in [0.25, 0.3) is 0 Å². The molecule has 100 valence electrons. The van der Waals surface area contributed by atoms with Gasteiger partial charge in [-0.2, -0.15) is 5.10 Å². The van der Waals surface area contributed by atoms with Crippen LogP contribution in [0, 0.1) is 10.1 Å². The molecule has 0 unspecified atom stereocenters. The Morgan fingerprint density at radius 3 is 2.79 bits per heavy atom. The molecule has 0 aliphatic carbocycles. The number of nitrogens with one attached hydrogen (secondary N) is 2. The zero-order chi connectivity index (χ0) is 13.8. The van der Waals surface area contributed by atoms with E-state index in [1.165, 1.54) is 12.1 Å². The van der Waals surface area contributed by atoms with Gasteiger partial charge in [-0.3, -0.25) is 14.8 Å². The van der Waals surface area contributed by atoms with Gasteiger partial charge in [0, 0.05) is 24.9 Å². The number of rotatable bonds is 5. The van der Waals surface area contributed by atoms with Gasteiger partial charge in [-0.25, -0.2) is 10.8 Å². The maximum atomic E-state index is 10.9. The van der Waals surface area contributed by atoms with Crippen LogP contribution in [-0.2, 0) is 6.54 Å². The van der Waals surface area contributed by atoms with E-state index in [1.807, 2.05) is 6.92 Å². The monoisotopic (exact) mass is 263 g/mol. The maximum Gasteiger partial charge on any atom is 0.311 e. The first-order chi connectivity index (χ1) is 9.13. The fourth-order valence-corrected chi connectivity index (χ4v) is 1.50. The molecule has 0 aromatic carbocycles. The average molecular weight is 263 g/mol. The third-order valence-corrected chi connectivity index (χ3v) is 2.43. The van der Waals surface area contributed by atoms with Crippen molar-refractivity contribution in [1.82, 2.24) is 14.8 Å². The van der Waals surface area contributed by atoms with Crippen molar-refractivity contribution >= 4 is 23.1 Å². The summed E-state index contributed by atoms with van der Waals surface area (Å²) in [5.41, 5.74) is 2.19. The van der Waals surface area contributed by atoms with Crippen LogP contribution in [0.4, 0.5) is 23.1 Å². The van der Waals surface area contributed by atoms with Crippen LogP contribution in [0.2, 0.25) is 0 Å². The Morgan fingerprint density at radius 2 is 2.21 bits per heavy atom. The zero-order valence-electron chi connectivity index (χ0n) is 10.2. The predicted octanol–water partition coefficient (Wildman–Crippen LogP) is 1.24. The van der Waals surface area contributed by atoms with Crippen molar-refractivity contribution in [1.29, 1.82) is 0 Å². The Bertz CT molecular complexity index is 595. The van der Waals surface area contributed by atoms with E-state index in [1.54, 1.807) is 16.9 Å². The molecule has 0 fully saturated rings. The molecule has 0 radical (unpaired) electrons. The minimum atomic E-state index is -0.521. The van der Waals surface area contributed by atoms with Crippen molar-refractivity contribution in [3.05, 3.63) is 34.5 Å². The second-order valence-corrected chi connectivity index (χ2v) is 3.65. The number of hydrazine groups is 1. The summed E-state index contributed by atoms with van der Waals surface area (Å²) in [5.74, 6) is 6.12. The van der Waals surface area contributed by atoms with Gasteiger partial charge in [-0.1, -0.05) is 0 Å². The zero-order valence-corrected chi connectivity index (χ0v) is 10.2. The van der Waals surface area contributed by atoms with Gasteiger partial charge in [0.2, 0.25) is 5.82 Å². The van der Waals surface area contributed by atoms with Crippen molar-refractivity contribution in [2.75, 3.05) is 10.7 Å². The molecule has 2 heterocycles. The molecule has 0 bridgehead atoms. The summed E-state index contributed by atoms with van der Waals surface area (Å²) in [6, 6.07) is 4.45. The number of anilines is 3. The third kappa shape index (κ3) is 2.77. The van der Waals surface area contributed by atoms with Gasteiger partial charge in [0.05, 0.1) is 4.92 Å². The van der Waals surface area contributed by atoms with Gasteiger partial charge >= 0.3 is 5.69 Å². The number of hydrogen-bond donors (Lipinski definition) is 3. The number of nitrogens with zero attached hydrogens (tertiary/aromatic N) is 4. The van der Waals surface area contributed by atoms with E-state index in [0.717, 1.165) is 0 Å². The molecule has 2 rings (SSSR count). The summed E-state index contributed by atoms with van der Waals surface area (Å²) >= 11 is 0. The number of aromatic nitrogens is 3. The number of nitrogens with two attached hydrogens (primary N) is 1. The smallest absolute Gasteiger partial charge is 0.311 e. The quantitative estimate of drug-likeness (QED) is 0.421. The van der Waals surface area contributed by atoms with E-state index in [2.05, 4.69) is 20.8 Å². The number of aryl methyl sites for hydroxylation is 1. The van der Waals surface area contributed by atoms with Crippen LogP contribution in [0.3, 0.4) is 0 Å². The van der Waals surface area contributed by atoms with Crippen molar-refractivity contribution in [2.24, 2.45) is 5.84 Å². The Kier molecular flexibility index (Phi) is 3.57. The minimum Gasteiger partial charge on any atom is -0.318 e. The van der Waals surface area contributed by atoms with Crippen LogP contribution >= 0.6 is 0 Å². The molecule has 9 heteroatoms. The first-order valence-electron chi connectivity index (χ1n) is 5.56. The molecule has 0 saturated heterocycles. The van der Waals surface area contributed by atoms with Crippen LogP contribution in [-0.4, -0.2) is 19.7 Å². The molecule has 4 N–H and O–H groups in total. The van der Waals surface area contributed by atoms with Crippen molar-refractivity contribution in [3.8, 4) is 0 Å². The van der Waals surface area contributed by atoms with Gasteiger partial charge in [0.25, 0.3) is 0 Å². The van der Waals surface area contributed by atoms with Crippen molar-refractivity contribution < 1.29 is 4.92 Å². The highest BCUT2D eigenvalue weighted by atomic mass is 16.6. The predicted molar refractivity (Wildman–Crippen MR) is 69.9 cm³/mol. The summed E-state index contributed by atoms with van der Waals surface area (Å²) in [4.78, 5) is 14.4. The van der Waals surface area contributed by atoms with E-state index < -0.39 is 4.92 Å². The summed E-state index contributed by atoms with van der Waals surface area (Å²) in [7, 11) is 0. The lowest BCUT2D eigenvalue weighted by Crippen LogP contribution is -2.10. The molecule has 0 aliphatic heterocycles.